The lowest BCUT2D eigenvalue weighted by Gasteiger charge is -2.10. The molecule has 112 valence electrons. The zero-order valence-electron chi connectivity index (χ0n) is 11.2. The van der Waals surface area contributed by atoms with Crippen molar-refractivity contribution in [2.24, 2.45) is 0 Å². The lowest BCUT2D eigenvalue weighted by molar-refractivity contribution is -0.137. The molecule has 21 heavy (non-hydrogen) atoms. The van der Waals surface area contributed by atoms with E-state index in [1.807, 2.05) is 0 Å². The highest BCUT2D eigenvalue weighted by atomic mass is 19.4. The molecule has 0 saturated heterocycles. The Morgan fingerprint density at radius 2 is 1.81 bits per heavy atom. The van der Waals surface area contributed by atoms with E-state index in [0.717, 1.165) is 12.1 Å². The molecule has 0 aliphatic rings. The number of aromatic nitrogens is 1. The Kier molecular flexibility index (Phi) is 4.21. The van der Waals surface area contributed by atoms with Crippen molar-refractivity contribution in [3.63, 3.8) is 0 Å². The molecule has 0 radical (unpaired) electrons. The Morgan fingerprint density at radius 3 is 2.38 bits per heavy atom. The molecule has 0 aliphatic heterocycles. The largest absolute Gasteiger partial charge is 0.479 e. The van der Waals surface area contributed by atoms with E-state index in [-0.39, 0.29) is 0 Å². The standard InChI is InChI=1S/C14H14F3N3O/c1-21-13-11(18)6-7-12(20-13)19-8-9-2-4-10(5-3-9)14(15,16)17/h2-7H,8,18H2,1H3,(H,19,20). The number of halogens is 3. The molecule has 0 unspecified atom stereocenters. The number of pyridine rings is 1. The zero-order chi connectivity index (χ0) is 15.5. The molecule has 3 N–H and O–H groups in total. The number of ether oxygens (including phenoxy) is 1. The Balaban J connectivity index is 2.03. The van der Waals surface area contributed by atoms with Gasteiger partial charge in [0.25, 0.3) is 0 Å². The van der Waals surface area contributed by atoms with Crippen LogP contribution in [-0.2, 0) is 12.7 Å². The van der Waals surface area contributed by atoms with Gasteiger partial charge in [0.2, 0.25) is 5.88 Å². The second-order valence-corrected chi connectivity index (χ2v) is 4.34. The zero-order valence-corrected chi connectivity index (χ0v) is 11.2. The van der Waals surface area contributed by atoms with E-state index in [1.165, 1.54) is 19.2 Å². The predicted octanol–water partition coefficient (Wildman–Crippen LogP) is 3.30. The number of hydrogen-bond donors (Lipinski definition) is 2. The molecule has 0 amide bonds. The third-order valence-electron chi connectivity index (χ3n) is 2.84. The monoisotopic (exact) mass is 297 g/mol. The van der Waals surface area contributed by atoms with Gasteiger partial charge in [-0.15, -0.1) is 0 Å². The van der Waals surface area contributed by atoms with Crippen molar-refractivity contribution >= 4 is 11.5 Å². The van der Waals surface area contributed by atoms with E-state index in [1.54, 1.807) is 12.1 Å². The summed E-state index contributed by atoms with van der Waals surface area (Å²) in [5.74, 6) is 0.827. The molecule has 1 aromatic carbocycles. The molecule has 0 aliphatic carbocycles. The molecule has 2 rings (SSSR count). The van der Waals surface area contributed by atoms with Gasteiger partial charge in [0, 0.05) is 6.54 Å². The van der Waals surface area contributed by atoms with E-state index >= 15 is 0 Å². The van der Waals surface area contributed by atoms with Crippen LogP contribution in [0, 0.1) is 0 Å². The van der Waals surface area contributed by atoms with Crippen LogP contribution in [0.1, 0.15) is 11.1 Å². The second-order valence-electron chi connectivity index (χ2n) is 4.34. The van der Waals surface area contributed by atoms with Crippen molar-refractivity contribution in [1.82, 2.24) is 4.98 Å². The fourth-order valence-electron chi connectivity index (χ4n) is 1.72. The second kappa shape index (κ2) is 5.90. The fraction of sp³-hybridized carbons (Fsp3) is 0.214. The summed E-state index contributed by atoms with van der Waals surface area (Å²) in [5.41, 5.74) is 6.10. The third-order valence-corrected chi connectivity index (χ3v) is 2.84. The minimum atomic E-state index is -4.32. The van der Waals surface area contributed by atoms with E-state index in [2.05, 4.69) is 10.3 Å². The molecular formula is C14H14F3N3O. The van der Waals surface area contributed by atoms with Gasteiger partial charge < -0.3 is 15.8 Å². The van der Waals surface area contributed by atoms with Crippen molar-refractivity contribution in [3.8, 4) is 5.88 Å². The van der Waals surface area contributed by atoms with Crippen molar-refractivity contribution in [2.75, 3.05) is 18.2 Å². The first-order valence-corrected chi connectivity index (χ1v) is 6.10. The number of methoxy groups -OCH3 is 1. The van der Waals surface area contributed by atoms with Gasteiger partial charge in [-0.1, -0.05) is 12.1 Å². The number of nitrogens with two attached hydrogens (primary N) is 1. The number of hydrogen-bond acceptors (Lipinski definition) is 4. The van der Waals surface area contributed by atoms with Gasteiger partial charge >= 0.3 is 6.18 Å². The van der Waals surface area contributed by atoms with Crippen molar-refractivity contribution in [2.45, 2.75) is 12.7 Å². The molecule has 1 aromatic heterocycles. The van der Waals surface area contributed by atoms with Gasteiger partial charge in [0.1, 0.15) is 5.82 Å². The minimum Gasteiger partial charge on any atom is -0.479 e. The molecule has 0 atom stereocenters. The van der Waals surface area contributed by atoms with Gasteiger partial charge in [-0.25, -0.2) is 0 Å². The predicted molar refractivity (Wildman–Crippen MR) is 74.0 cm³/mol. The molecule has 0 fully saturated rings. The molecule has 2 aromatic rings. The normalized spacial score (nSPS) is 11.2. The van der Waals surface area contributed by atoms with Crippen molar-refractivity contribution in [3.05, 3.63) is 47.5 Å². The first-order chi connectivity index (χ1) is 9.90. The number of alkyl halides is 3. The quantitative estimate of drug-likeness (QED) is 0.909. The van der Waals surface area contributed by atoms with Crippen molar-refractivity contribution in [1.29, 1.82) is 0 Å². The number of rotatable bonds is 4. The Bertz CT molecular complexity index is 612. The highest BCUT2D eigenvalue weighted by molar-refractivity contribution is 5.53. The lowest BCUT2D eigenvalue weighted by Crippen LogP contribution is -2.06. The van der Waals surface area contributed by atoms with Crippen LogP contribution in [0.15, 0.2) is 36.4 Å². The van der Waals surface area contributed by atoms with Crippen LogP contribution < -0.4 is 15.8 Å². The van der Waals surface area contributed by atoms with E-state index in [0.29, 0.717) is 29.5 Å². The summed E-state index contributed by atoms with van der Waals surface area (Å²) in [4.78, 5) is 4.12. The van der Waals surface area contributed by atoms with Gasteiger partial charge in [0.15, 0.2) is 0 Å². The average Bonchev–Trinajstić information content (AvgIpc) is 2.46. The summed E-state index contributed by atoms with van der Waals surface area (Å²) in [6.07, 6.45) is -4.32. The van der Waals surface area contributed by atoms with Crippen LogP contribution >= 0.6 is 0 Å². The molecule has 0 saturated carbocycles. The summed E-state index contributed by atoms with van der Waals surface area (Å²) in [5, 5.41) is 2.99. The van der Waals surface area contributed by atoms with Gasteiger partial charge in [0.05, 0.1) is 18.4 Å². The highest BCUT2D eigenvalue weighted by Crippen LogP contribution is 2.29. The van der Waals surface area contributed by atoms with Crippen LogP contribution in [0.2, 0.25) is 0 Å². The van der Waals surface area contributed by atoms with Crippen LogP contribution in [0.4, 0.5) is 24.7 Å². The highest BCUT2D eigenvalue weighted by Gasteiger charge is 2.29. The average molecular weight is 297 g/mol. The molecular weight excluding hydrogens is 283 g/mol. The molecule has 4 nitrogen and oxygen atoms in total. The van der Waals surface area contributed by atoms with Crippen molar-refractivity contribution < 1.29 is 17.9 Å². The Labute approximate surface area is 119 Å². The van der Waals surface area contributed by atoms with Crippen LogP contribution in [0.3, 0.4) is 0 Å². The van der Waals surface area contributed by atoms with E-state index in [9.17, 15) is 13.2 Å². The SMILES string of the molecule is COc1nc(NCc2ccc(C(F)(F)F)cc2)ccc1N. The molecule has 1 heterocycles. The maximum Gasteiger partial charge on any atom is 0.416 e. The van der Waals surface area contributed by atoms with Crippen LogP contribution in [-0.4, -0.2) is 12.1 Å². The fourth-order valence-corrected chi connectivity index (χ4v) is 1.72. The summed E-state index contributed by atoms with van der Waals surface area (Å²) in [7, 11) is 1.46. The summed E-state index contributed by atoms with van der Waals surface area (Å²) < 4.78 is 42.3. The lowest BCUT2D eigenvalue weighted by atomic mass is 10.1. The topological polar surface area (TPSA) is 60.2 Å². The van der Waals surface area contributed by atoms with Gasteiger partial charge in [-0.2, -0.15) is 18.2 Å². The molecule has 0 spiro atoms. The smallest absolute Gasteiger partial charge is 0.416 e. The number of benzene rings is 1. The molecule has 0 bridgehead atoms. The van der Waals surface area contributed by atoms with Crippen LogP contribution in [0.5, 0.6) is 5.88 Å². The maximum absolute atomic E-state index is 12.4. The van der Waals surface area contributed by atoms with Gasteiger partial charge in [-0.05, 0) is 29.8 Å². The number of nitrogens with one attached hydrogen (secondary N) is 1. The van der Waals surface area contributed by atoms with E-state index in [4.69, 9.17) is 10.5 Å². The van der Waals surface area contributed by atoms with Gasteiger partial charge in [-0.3, -0.25) is 0 Å². The summed E-state index contributed by atoms with van der Waals surface area (Å²) in [6.45, 7) is 0.345. The minimum absolute atomic E-state index is 0.299. The molecule has 7 heteroatoms. The van der Waals surface area contributed by atoms with E-state index < -0.39 is 11.7 Å². The summed E-state index contributed by atoms with van der Waals surface area (Å²) >= 11 is 0. The first kappa shape index (κ1) is 15.0. The number of nitrogens with zero attached hydrogens (tertiary/aromatic N) is 1. The summed E-state index contributed by atoms with van der Waals surface area (Å²) in [6, 6.07) is 8.25. The Hall–Kier alpha value is -2.44. The maximum atomic E-state index is 12.4. The van der Waals surface area contributed by atoms with Crippen LogP contribution in [0.25, 0.3) is 0 Å². The number of nitrogen functional groups attached to an aromatic ring is 1. The third kappa shape index (κ3) is 3.77. The number of anilines is 2. The Morgan fingerprint density at radius 1 is 1.14 bits per heavy atom. The first-order valence-electron chi connectivity index (χ1n) is 6.10.